The molecule has 0 fully saturated rings. The topological polar surface area (TPSA) is 27.0 Å². The van der Waals surface area contributed by atoms with Crippen molar-refractivity contribution in [3.05, 3.63) is 35.2 Å². The van der Waals surface area contributed by atoms with E-state index in [1.165, 1.54) is 15.6 Å². The number of nitrogens with zero attached hydrogens (tertiary/aromatic N) is 2. The molecule has 2 nitrogen and oxygen atoms in total. The van der Waals surface area contributed by atoms with Crippen LogP contribution in [0.5, 0.6) is 0 Å². The highest BCUT2D eigenvalue weighted by atomic mass is 32.1. The summed E-state index contributed by atoms with van der Waals surface area (Å²) in [7, 11) is 2.07. The van der Waals surface area contributed by atoms with E-state index in [1.54, 1.807) is 11.3 Å². The first kappa shape index (κ1) is 13.1. The van der Waals surface area contributed by atoms with Crippen LogP contribution >= 0.6 is 11.3 Å². The van der Waals surface area contributed by atoms with Crippen LogP contribution in [0.2, 0.25) is 0 Å². The van der Waals surface area contributed by atoms with Crippen molar-refractivity contribution in [3.63, 3.8) is 0 Å². The lowest BCUT2D eigenvalue weighted by Gasteiger charge is -2.24. The second-order valence-corrected chi connectivity index (χ2v) is 6.34. The first-order valence-electron chi connectivity index (χ1n) is 6.07. The molecule has 1 aromatic carbocycles. The quantitative estimate of drug-likeness (QED) is 0.832. The third-order valence-electron chi connectivity index (χ3n) is 2.97. The van der Waals surface area contributed by atoms with E-state index in [1.807, 2.05) is 13.8 Å². The molecule has 0 aliphatic rings. The molecule has 0 unspecified atom stereocenters. The predicted octanol–water partition coefficient (Wildman–Crippen LogP) is 3.88. The first-order valence-corrected chi connectivity index (χ1v) is 6.95. The number of hydrogen-bond donors (Lipinski definition) is 0. The van der Waals surface area contributed by atoms with Gasteiger partial charge < -0.3 is 4.90 Å². The standard InChI is InChI=1S/C15H18N2S/c1-15(2,10-16)11-17(3)8-12-9-18-14-7-5-4-6-13(12)14/h4-7,9H,8,11H2,1-3H3. The van der Waals surface area contributed by atoms with Crippen molar-refractivity contribution >= 4 is 21.4 Å². The van der Waals surface area contributed by atoms with Crippen LogP contribution in [0.15, 0.2) is 29.6 Å². The number of nitriles is 1. The van der Waals surface area contributed by atoms with Gasteiger partial charge in [-0.05, 0) is 43.3 Å². The zero-order valence-corrected chi connectivity index (χ0v) is 11.9. The molecule has 1 aromatic heterocycles. The van der Waals surface area contributed by atoms with Gasteiger partial charge in [0.2, 0.25) is 0 Å². The van der Waals surface area contributed by atoms with Crippen LogP contribution in [0.3, 0.4) is 0 Å². The third-order valence-corrected chi connectivity index (χ3v) is 3.98. The Hall–Kier alpha value is -1.37. The minimum Gasteiger partial charge on any atom is -0.300 e. The maximum atomic E-state index is 9.07. The van der Waals surface area contributed by atoms with Gasteiger partial charge in [0.1, 0.15) is 0 Å². The SMILES string of the molecule is CN(Cc1csc2ccccc12)CC(C)(C)C#N. The molecule has 2 aromatic rings. The fourth-order valence-corrected chi connectivity index (χ4v) is 3.17. The molecule has 0 saturated heterocycles. The highest BCUT2D eigenvalue weighted by molar-refractivity contribution is 7.17. The molecule has 0 spiro atoms. The fraction of sp³-hybridized carbons (Fsp3) is 0.400. The maximum absolute atomic E-state index is 9.07. The normalized spacial score (nSPS) is 11.9. The highest BCUT2D eigenvalue weighted by Gasteiger charge is 2.19. The van der Waals surface area contributed by atoms with Crippen LogP contribution in [0.1, 0.15) is 19.4 Å². The molecule has 0 aliphatic carbocycles. The summed E-state index contributed by atoms with van der Waals surface area (Å²) < 4.78 is 1.33. The van der Waals surface area contributed by atoms with Crippen LogP contribution < -0.4 is 0 Å². The monoisotopic (exact) mass is 258 g/mol. The van der Waals surface area contributed by atoms with Gasteiger partial charge in [-0.1, -0.05) is 18.2 Å². The van der Waals surface area contributed by atoms with E-state index in [9.17, 15) is 0 Å². The maximum Gasteiger partial charge on any atom is 0.0697 e. The van der Waals surface area contributed by atoms with Gasteiger partial charge in [-0.15, -0.1) is 11.3 Å². The Kier molecular flexibility index (Phi) is 3.70. The minimum absolute atomic E-state index is 0.291. The van der Waals surface area contributed by atoms with Crippen molar-refractivity contribution in [3.8, 4) is 6.07 Å². The summed E-state index contributed by atoms with van der Waals surface area (Å²) in [6.45, 7) is 5.65. The zero-order valence-electron chi connectivity index (χ0n) is 11.1. The van der Waals surface area contributed by atoms with Crippen LogP contribution in [0.4, 0.5) is 0 Å². The molecule has 0 bridgehead atoms. The zero-order chi connectivity index (χ0) is 13.2. The van der Waals surface area contributed by atoms with Crippen LogP contribution in [0, 0.1) is 16.7 Å². The summed E-state index contributed by atoms with van der Waals surface area (Å²) in [4.78, 5) is 2.22. The first-order chi connectivity index (χ1) is 8.52. The van der Waals surface area contributed by atoms with E-state index in [0.29, 0.717) is 0 Å². The smallest absolute Gasteiger partial charge is 0.0697 e. The average molecular weight is 258 g/mol. The molecule has 18 heavy (non-hydrogen) atoms. The van der Waals surface area contributed by atoms with Gasteiger partial charge in [0.15, 0.2) is 0 Å². The second-order valence-electron chi connectivity index (χ2n) is 5.43. The van der Waals surface area contributed by atoms with E-state index in [0.717, 1.165) is 13.1 Å². The van der Waals surface area contributed by atoms with Crippen molar-refractivity contribution in [1.29, 1.82) is 5.26 Å². The van der Waals surface area contributed by atoms with Gasteiger partial charge in [-0.25, -0.2) is 0 Å². The van der Waals surface area contributed by atoms with Gasteiger partial charge in [-0.2, -0.15) is 5.26 Å². The van der Waals surface area contributed by atoms with E-state index in [2.05, 4.69) is 47.7 Å². The number of benzene rings is 1. The summed E-state index contributed by atoms with van der Waals surface area (Å²) in [6, 6.07) is 10.8. The van der Waals surface area contributed by atoms with E-state index in [-0.39, 0.29) is 5.41 Å². The lowest BCUT2D eigenvalue weighted by Crippen LogP contribution is -2.29. The summed E-state index contributed by atoms with van der Waals surface area (Å²) in [5.74, 6) is 0. The van der Waals surface area contributed by atoms with Gasteiger partial charge >= 0.3 is 0 Å². The van der Waals surface area contributed by atoms with Crippen LogP contribution in [-0.4, -0.2) is 18.5 Å². The Morgan fingerprint density at radius 3 is 2.78 bits per heavy atom. The number of thiophene rings is 1. The van der Waals surface area contributed by atoms with Gasteiger partial charge in [0.25, 0.3) is 0 Å². The summed E-state index contributed by atoms with van der Waals surface area (Å²) in [5, 5.41) is 12.6. The summed E-state index contributed by atoms with van der Waals surface area (Å²) in [5.41, 5.74) is 1.06. The molecular weight excluding hydrogens is 240 g/mol. The summed E-state index contributed by atoms with van der Waals surface area (Å²) >= 11 is 1.79. The Morgan fingerprint density at radius 1 is 1.33 bits per heavy atom. The lowest BCUT2D eigenvalue weighted by atomic mass is 9.95. The van der Waals surface area contributed by atoms with E-state index >= 15 is 0 Å². The largest absolute Gasteiger partial charge is 0.300 e. The number of hydrogen-bond acceptors (Lipinski definition) is 3. The molecular formula is C15H18N2S. The van der Waals surface area contributed by atoms with Crippen molar-refractivity contribution in [2.75, 3.05) is 13.6 Å². The molecule has 0 atom stereocenters. The Labute approximate surface area is 112 Å². The van der Waals surface area contributed by atoms with Crippen molar-refractivity contribution in [2.45, 2.75) is 20.4 Å². The average Bonchev–Trinajstić information content (AvgIpc) is 2.72. The second kappa shape index (κ2) is 5.09. The van der Waals surface area contributed by atoms with Crippen molar-refractivity contribution in [2.24, 2.45) is 5.41 Å². The Bertz CT molecular complexity index is 577. The fourth-order valence-electron chi connectivity index (χ4n) is 2.21. The molecule has 3 heteroatoms. The molecule has 0 radical (unpaired) electrons. The molecule has 1 heterocycles. The van der Waals surface area contributed by atoms with Gasteiger partial charge in [0, 0.05) is 17.8 Å². The van der Waals surface area contributed by atoms with Gasteiger partial charge in [-0.3, -0.25) is 0 Å². The van der Waals surface area contributed by atoms with E-state index in [4.69, 9.17) is 5.26 Å². The van der Waals surface area contributed by atoms with Gasteiger partial charge in [0.05, 0.1) is 11.5 Å². The third kappa shape index (κ3) is 2.90. The summed E-state index contributed by atoms with van der Waals surface area (Å²) in [6.07, 6.45) is 0. The molecule has 0 saturated carbocycles. The van der Waals surface area contributed by atoms with Crippen LogP contribution in [0.25, 0.3) is 10.1 Å². The highest BCUT2D eigenvalue weighted by Crippen LogP contribution is 2.27. The molecule has 94 valence electrons. The molecule has 0 N–H and O–H groups in total. The molecule has 0 aliphatic heterocycles. The van der Waals surface area contributed by atoms with Crippen LogP contribution in [-0.2, 0) is 6.54 Å². The Balaban J connectivity index is 2.13. The number of fused-ring (bicyclic) bond motifs is 1. The predicted molar refractivity (Wildman–Crippen MR) is 77.6 cm³/mol. The lowest BCUT2D eigenvalue weighted by molar-refractivity contribution is 0.249. The minimum atomic E-state index is -0.291. The van der Waals surface area contributed by atoms with E-state index < -0.39 is 0 Å². The molecule has 2 rings (SSSR count). The number of rotatable bonds is 4. The Morgan fingerprint density at radius 2 is 2.06 bits per heavy atom. The molecule has 0 amide bonds. The van der Waals surface area contributed by atoms with Crippen molar-refractivity contribution < 1.29 is 0 Å². The van der Waals surface area contributed by atoms with Crippen molar-refractivity contribution in [1.82, 2.24) is 4.90 Å².